The average Bonchev–Trinajstić information content (AvgIpc) is 3.20. The van der Waals surface area contributed by atoms with Crippen molar-refractivity contribution in [2.45, 2.75) is 19.0 Å². The molecule has 0 radical (unpaired) electrons. The maximum absolute atomic E-state index is 12.9. The van der Waals surface area contributed by atoms with Crippen molar-refractivity contribution in [3.63, 3.8) is 0 Å². The number of rotatable bonds is 8. The van der Waals surface area contributed by atoms with Crippen LogP contribution >= 0.6 is 0 Å². The highest BCUT2D eigenvalue weighted by molar-refractivity contribution is 5.96. The van der Waals surface area contributed by atoms with Gasteiger partial charge in [-0.15, -0.1) is 0 Å². The van der Waals surface area contributed by atoms with Gasteiger partial charge in [-0.1, -0.05) is 48.5 Å². The molecule has 0 spiro atoms. The molecule has 4 rings (SSSR count). The number of nitrogens with one attached hydrogen (secondary N) is 1. The number of hydrogen-bond donors (Lipinski definition) is 1. The standard InChI is InChI=1S/C27H31N5O/c1-30-16-18-31(19-17-30)21-25(22-8-3-2-4-9-22)29-27(33)13-12-23-20-32(15-7-14-28)26-11-6-5-10-24(23)26/h2-6,8-13,20,25H,7,15-19,21H2,1H3,(H,29,33)/b13-12+. The third-order valence-corrected chi connectivity index (χ3v) is 6.25. The zero-order valence-electron chi connectivity index (χ0n) is 19.2. The average molecular weight is 442 g/mol. The van der Waals surface area contributed by atoms with Gasteiger partial charge in [0.1, 0.15) is 0 Å². The third-order valence-electron chi connectivity index (χ3n) is 6.25. The zero-order chi connectivity index (χ0) is 23.0. The van der Waals surface area contributed by atoms with Crippen LogP contribution in [0, 0.1) is 11.3 Å². The van der Waals surface area contributed by atoms with Crippen molar-refractivity contribution < 1.29 is 4.79 Å². The number of aryl methyl sites for hydroxylation is 1. The summed E-state index contributed by atoms with van der Waals surface area (Å²) in [7, 11) is 2.15. The first-order valence-electron chi connectivity index (χ1n) is 11.5. The van der Waals surface area contributed by atoms with Gasteiger partial charge in [0.25, 0.3) is 0 Å². The van der Waals surface area contributed by atoms with Gasteiger partial charge in [-0.3, -0.25) is 9.69 Å². The highest BCUT2D eigenvalue weighted by Crippen LogP contribution is 2.23. The number of hydrogen-bond acceptors (Lipinski definition) is 4. The molecule has 33 heavy (non-hydrogen) atoms. The first-order valence-corrected chi connectivity index (χ1v) is 11.5. The van der Waals surface area contributed by atoms with E-state index in [-0.39, 0.29) is 11.9 Å². The molecule has 6 heteroatoms. The summed E-state index contributed by atoms with van der Waals surface area (Å²) >= 11 is 0. The van der Waals surface area contributed by atoms with Crippen LogP contribution in [-0.4, -0.2) is 60.0 Å². The molecule has 1 aliphatic heterocycles. The summed E-state index contributed by atoms with van der Waals surface area (Å²) < 4.78 is 2.08. The lowest BCUT2D eigenvalue weighted by Gasteiger charge is -2.34. The predicted molar refractivity (Wildman–Crippen MR) is 132 cm³/mol. The van der Waals surface area contributed by atoms with Crippen LogP contribution in [0.1, 0.15) is 23.6 Å². The Morgan fingerprint density at radius 1 is 1.09 bits per heavy atom. The summed E-state index contributed by atoms with van der Waals surface area (Å²) in [5, 5.41) is 13.3. The summed E-state index contributed by atoms with van der Waals surface area (Å²) in [6.45, 7) is 5.54. The molecule has 1 amide bonds. The Labute approximate surface area is 195 Å². The van der Waals surface area contributed by atoms with Crippen molar-refractivity contribution >= 4 is 22.9 Å². The molecule has 1 aliphatic rings. The van der Waals surface area contributed by atoms with Crippen LogP contribution in [0.25, 0.3) is 17.0 Å². The lowest BCUT2D eigenvalue weighted by molar-refractivity contribution is -0.117. The SMILES string of the molecule is CN1CCN(CC(NC(=O)/C=C/c2cn(CCC#N)c3ccccc23)c2ccccc2)CC1. The van der Waals surface area contributed by atoms with Crippen LogP contribution < -0.4 is 5.32 Å². The number of nitrogens with zero attached hydrogens (tertiary/aromatic N) is 4. The van der Waals surface area contributed by atoms with Gasteiger partial charge in [-0.05, 0) is 24.8 Å². The quantitative estimate of drug-likeness (QED) is 0.542. The van der Waals surface area contributed by atoms with Crippen LogP contribution in [0.4, 0.5) is 0 Å². The van der Waals surface area contributed by atoms with Crippen molar-refractivity contribution in [2.75, 3.05) is 39.8 Å². The lowest BCUT2D eigenvalue weighted by Crippen LogP contribution is -2.47. The fourth-order valence-electron chi connectivity index (χ4n) is 4.36. The van der Waals surface area contributed by atoms with Gasteiger partial charge < -0.3 is 14.8 Å². The first-order chi connectivity index (χ1) is 16.1. The Balaban J connectivity index is 1.49. The monoisotopic (exact) mass is 441 g/mol. The van der Waals surface area contributed by atoms with Crippen LogP contribution in [0.15, 0.2) is 66.9 Å². The molecule has 1 unspecified atom stereocenters. The molecule has 2 heterocycles. The molecule has 1 fully saturated rings. The highest BCUT2D eigenvalue weighted by Gasteiger charge is 2.20. The maximum Gasteiger partial charge on any atom is 0.244 e. The van der Waals surface area contributed by atoms with Gasteiger partial charge in [0.15, 0.2) is 0 Å². The first kappa shape index (κ1) is 22.8. The van der Waals surface area contributed by atoms with Gasteiger partial charge in [0, 0.05) is 68.0 Å². The summed E-state index contributed by atoms with van der Waals surface area (Å²) in [5.41, 5.74) is 3.17. The van der Waals surface area contributed by atoms with Gasteiger partial charge in [0.05, 0.1) is 18.5 Å². The van der Waals surface area contributed by atoms with Gasteiger partial charge in [0.2, 0.25) is 5.91 Å². The number of benzene rings is 2. The van der Waals surface area contributed by atoms with Crippen molar-refractivity contribution in [1.29, 1.82) is 5.26 Å². The van der Waals surface area contributed by atoms with E-state index in [1.807, 2.05) is 48.7 Å². The minimum absolute atomic E-state index is 0.0660. The Morgan fingerprint density at radius 3 is 2.58 bits per heavy atom. The number of likely N-dealkylation sites (N-methyl/N-ethyl adjacent to an activating group) is 1. The van der Waals surface area contributed by atoms with Crippen LogP contribution in [0.3, 0.4) is 0 Å². The van der Waals surface area contributed by atoms with Gasteiger partial charge in [-0.2, -0.15) is 5.26 Å². The lowest BCUT2D eigenvalue weighted by atomic mass is 10.1. The van der Waals surface area contributed by atoms with Crippen molar-refractivity contribution in [3.05, 3.63) is 78.0 Å². The summed E-state index contributed by atoms with van der Waals surface area (Å²) in [6, 6.07) is 20.4. The number of fused-ring (bicyclic) bond motifs is 1. The second-order valence-electron chi connectivity index (χ2n) is 8.61. The predicted octanol–water partition coefficient (Wildman–Crippen LogP) is 3.67. The van der Waals surface area contributed by atoms with Crippen LogP contribution in [-0.2, 0) is 11.3 Å². The molecule has 3 aromatic rings. The van der Waals surface area contributed by atoms with E-state index in [0.717, 1.165) is 54.8 Å². The van der Waals surface area contributed by atoms with E-state index >= 15 is 0 Å². The fraction of sp³-hybridized carbons (Fsp3) is 0.333. The van der Waals surface area contributed by atoms with E-state index in [1.54, 1.807) is 6.08 Å². The number of para-hydroxylation sites is 1. The Kier molecular flexibility index (Phi) is 7.56. The Hall–Kier alpha value is -3.40. The van der Waals surface area contributed by atoms with Gasteiger partial charge >= 0.3 is 0 Å². The normalized spacial score (nSPS) is 16.1. The van der Waals surface area contributed by atoms with E-state index in [1.165, 1.54) is 0 Å². The second kappa shape index (κ2) is 11.0. The van der Waals surface area contributed by atoms with E-state index in [9.17, 15) is 4.79 Å². The molecule has 0 saturated carbocycles. The fourth-order valence-corrected chi connectivity index (χ4v) is 4.36. The summed E-state index contributed by atoms with van der Waals surface area (Å²) in [4.78, 5) is 17.7. The molecule has 1 N–H and O–H groups in total. The van der Waals surface area contributed by atoms with Crippen molar-refractivity contribution in [1.82, 2.24) is 19.7 Å². The Bertz CT molecular complexity index is 1140. The molecule has 1 saturated heterocycles. The highest BCUT2D eigenvalue weighted by atomic mass is 16.1. The summed E-state index contributed by atoms with van der Waals surface area (Å²) in [5.74, 6) is -0.105. The summed E-state index contributed by atoms with van der Waals surface area (Å²) in [6.07, 6.45) is 5.97. The number of aromatic nitrogens is 1. The molecule has 0 bridgehead atoms. The third kappa shape index (κ3) is 5.89. The van der Waals surface area contributed by atoms with E-state index in [4.69, 9.17) is 5.26 Å². The zero-order valence-corrected chi connectivity index (χ0v) is 19.2. The van der Waals surface area contributed by atoms with E-state index in [2.05, 4.69) is 51.0 Å². The van der Waals surface area contributed by atoms with Crippen molar-refractivity contribution in [3.8, 4) is 6.07 Å². The topological polar surface area (TPSA) is 64.3 Å². The second-order valence-corrected chi connectivity index (χ2v) is 8.61. The van der Waals surface area contributed by atoms with Crippen LogP contribution in [0.5, 0.6) is 0 Å². The molecule has 0 aliphatic carbocycles. The minimum Gasteiger partial charge on any atom is -0.346 e. The van der Waals surface area contributed by atoms with Gasteiger partial charge in [-0.25, -0.2) is 0 Å². The number of amides is 1. The van der Waals surface area contributed by atoms with Crippen LogP contribution in [0.2, 0.25) is 0 Å². The number of carbonyl (C=O) groups is 1. The van der Waals surface area contributed by atoms with E-state index < -0.39 is 0 Å². The number of piperazine rings is 1. The molecule has 1 atom stereocenters. The maximum atomic E-state index is 12.9. The molecule has 6 nitrogen and oxygen atoms in total. The largest absolute Gasteiger partial charge is 0.346 e. The molecular formula is C27H31N5O. The van der Waals surface area contributed by atoms with E-state index in [0.29, 0.717) is 13.0 Å². The molecule has 170 valence electrons. The van der Waals surface area contributed by atoms with Crippen molar-refractivity contribution in [2.24, 2.45) is 0 Å². The number of nitriles is 1. The molecular weight excluding hydrogens is 410 g/mol. The minimum atomic E-state index is -0.105. The molecule has 2 aromatic carbocycles. The number of carbonyl (C=O) groups excluding carboxylic acids is 1. The Morgan fingerprint density at radius 2 is 1.82 bits per heavy atom. The molecule has 1 aromatic heterocycles. The smallest absolute Gasteiger partial charge is 0.244 e.